The Kier molecular flexibility index (Phi) is 8.61. The van der Waals surface area contributed by atoms with Gasteiger partial charge in [0.25, 0.3) is 0 Å². The Morgan fingerprint density at radius 1 is 1.29 bits per heavy atom. The minimum atomic E-state index is 0. The fourth-order valence-electron chi connectivity index (χ4n) is 3.41. The molecule has 0 amide bonds. The molecule has 1 aliphatic rings. The summed E-state index contributed by atoms with van der Waals surface area (Å²) in [5.41, 5.74) is 3.67. The zero-order valence-electron chi connectivity index (χ0n) is 16.8. The van der Waals surface area contributed by atoms with Crippen LogP contribution in [0.5, 0.6) is 0 Å². The van der Waals surface area contributed by atoms with Gasteiger partial charge in [0, 0.05) is 29.1 Å². The van der Waals surface area contributed by atoms with Gasteiger partial charge in [0.2, 0.25) is 0 Å². The van der Waals surface area contributed by atoms with Crippen LogP contribution in [0.1, 0.15) is 48.8 Å². The van der Waals surface area contributed by atoms with E-state index in [2.05, 4.69) is 34.8 Å². The minimum absolute atomic E-state index is 0. The molecule has 1 saturated carbocycles. The number of nitrogens with zero attached hydrogens (tertiary/aromatic N) is 2. The van der Waals surface area contributed by atoms with Crippen LogP contribution in [-0.4, -0.2) is 30.8 Å². The van der Waals surface area contributed by atoms with E-state index < -0.39 is 0 Å². The topological polar surface area (TPSA) is 62.5 Å². The van der Waals surface area contributed by atoms with Crippen molar-refractivity contribution in [2.75, 3.05) is 19.6 Å². The minimum Gasteiger partial charge on any atom is -0.361 e. The van der Waals surface area contributed by atoms with E-state index >= 15 is 0 Å². The van der Waals surface area contributed by atoms with Crippen molar-refractivity contribution in [3.63, 3.8) is 0 Å². The molecule has 0 saturated heterocycles. The average Bonchev–Trinajstić information content (AvgIpc) is 3.38. The predicted molar refractivity (Wildman–Crippen MR) is 126 cm³/mol. The molecular weight excluding hydrogens is 487 g/mol. The third-order valence-electron chi connectivity index (χ3n) is 5.25. The van der Waals surface area contributed by atoms with Crippen molar-refractivity contribution in [2.24, 2.45) is 4.99 Å². The fraction of sp³-hybridized carbons (Fsp3) is 0.524. The zero-order chi connectivity index (χ0) is 19.3. The first-order valence-electron chi connectivity index (χ1n) is 9.74. The Morgan fingerprint density at radius 3 is 2.68 bits per heavy atom. The normalized spacial score (nSPS) is 15.1. The van der Waals surface area contributed by atoms with Crippen LogP contribution in [0.25, 0.3) is 0 Å². The van der Waals surface area contributed by atoms with Gasteiger partial charge in [0.15, 0.2) is 5.96 Å². The van der Waals surface area contributed by atoms with E-state index in [4.69, 9.17) is 21.1 Å². The van der Waals surface area contributed by atoms with Crippen LogP contribution in [0.15, 0.2) is 33.8 Å². The molecule has 1 aromatic heterocycles. The van der Waals surface area contributed by atoms with Gasteiger partial charge in [0.1, 0.15) is 5.76 Å². The number of aromatic nitrogens is 1. The Hall–Kier alpha value is -1.28. The first-order valence-corrected chi connectivity index (χ1v) is 10.1. The molecule has 0 bridgehead atoms. The molecule has 2 aromatic rings. The highest BCUT2D eigenvalue weighted by atomic mass is 127. The number of aliphatic imine (C=N–C) groups is 1. The predicted octanol–water partition coefficient (Wildman–Crippen LogP) is 4.78. The number of rotatable bonds is 8. The summed E-state index contributed by atoms with van der Waals surface area (Å²) in [5.74, 6) is 1.80. The highest BCUT2D eigenvalue weighted by Gasteiger charge is 2.44. The lowest BCUT2D eigenvalue weighted by Crippen LogP contribution is -2.38. The Labute approximate surface area is 189 Å². The van der Waals surface area contributed by atoms with E-state index in [0.29, 0.717) is 0 Å². The summed E-state index contributed by atoms with van der Waals surface area (Å²) in [6.07, 6.45) is 4.30. The summed E-state index contributed by atoms with van der Waals surface area (Å²) < 4.78 is 5.23. The third kappa shape index (κ3) is 5.86. The van der Waals surface area contributed by atoms with Gasteiger partial charge in [-0.05, 0) is 64.2 Å². The molecule has 2 N–H and O–H groups in total. The van der Waals surface area contributed by atoms with Gasteiger partial charge < -0.3 is 15.2 Å². The summed E-state index contributed by atoms with van der Waals surface area (Å²) in [7, 11) is 0. The summed E-state index contributed by atoms with van der Waals surface area (Å²) in [4.78, 5) is 4.84. The van der Waals surface area contributed by atoms with Crippen LogP contribution >= 0.6 is 35.6 Å². The molecule has 1 aliphatic carbocycles. The number of halogens is 2. The standard InChI is InChI=1S/C21H29ClN4O.HI/c1-4-23-20(24-12-6-9-19-15(2)26-27-16(19)3)25-14-21(10-11-21)17-7-5-8-18(22)13-17;/h5,7-8,13H,4,6,9-12,14H2,1-3H3,(H2,23,24,25);1H. The van der Waals surface area contributed by atoms with E-state index in [-0.39, 0.29) is 29.4 Å². The highest BCUT2D eigenvalue weighted by molar-refractivity contribution is 14.0. The van der Waals surface area contributed by atoms with Crippen LogP contribution in [0, 0.1) is 13.8 Å². The molecule has 5 nitrogen and oxygen atoms in total. The van der Waals surface area contributed by atoms with Gasteiger partial charge in [-0.15, -0.1) is 24.0 Å². The molecule has 0 aliphatic heterocycles. The van der Waals surface area contributed by atoms with Gasteiger partial charge in [-0.1, -0.05) is 28.9 Å². The van der Waals surface area contributed by atoms with Crippen LogP contribution in [0.2, 0.25) is 5.02 Å². The Morgan fingerprint density at radius 2 is 2.07 bits per heavy atom. The Balaban J connectivity index is 0.00000280. The van der Waals surface area contributed by atoms with Gasteiger partial charge in [-0.25, -0.2) is 0 Å². The van der Waals surface area contributed by atoms with Crippen molar-refractivity contribution < 1.29 is 4.52 Å². The van der Waals surface area contributed by atoms with Crippen molar-refractivity contribution in [3.05, 3.63) is 51.9 Å². The molecule has 154 valence electrons. The van der Waals surface area contributed by atoms with Crippen molar-refractivity contribution in [1.29, 1.82) is 0 Å². The second-order valence-corrected chi connectivity index (χ2v) is 7.76. The maximum Gasteiger partial charge on any atom is 0.191 e. The number of benzene rings is 1. The molecule has 0 atom stereocenters. The summed E-state index contributed by atoms with van der Waals surface area (Å²) in [5, 5.41) is 11.6. The zero-order valence-corrected chi connectivity index (χ0v) is 19.9. The van der Waals surface area contributed by atoms with E-state index in [1.807, 2.05) is 26.0 Å². The molecule has 0 spiro atoms. The smallest absolute Gasteiger partial charge is 0.191 e. The van der Waals surface area contributed by atoms with Gasteiger partial charge in [-0.2, -0.15) is 0 Å². The molecule has 3 rings (SSSR count). The second-order valence-electron chi connectivity index (χ2n) is 7.32. The molecular formula is C21H30ClIN4O. The lowest BCUT2D eigenvalue weighted by Gasteiger charge is -2.16. The third-order valence-corrected chi connectivity index (χ3v) is 5.49. The number of hydrogen-bond donors (Lipinski definition) is 2. The van der Waals surface area contributed by atoms with Crippen molar-refractivity contribution in [3.8, 4) is 0 Å². The number of nitrogens with one attached hydrogen (secondary N) is 2. The molecule has 28 heavy (non-hydrogen) atoms. The van der Waals surface area contributed by atoms with E-state index in [9.17, 15) is 0 Å². The van der Waals surface area contributed by atoms with Gasteiger partial charge in [0.05, 0.1) is 12.2 Å². The van der Waals surface area contributed by atoms with Crippen LogP contribution < -0.4 is 10.6 Å². The molecule has 1 aromatic carbocycles. The van der Waals surface area contributed by atoms with Crippen LogP contribution in [-0.2, 0) is 11.8 Å². The summed E-state index contributed by atoms with van der Waals surface area (Å²) >= 11 is 6.17. The second kappa shape index (κ2) is 10.5. The first kappa shape index (κ1) is 23.0. The number of hydrogen-bond acceptors (Lipinski definition) is 3. The maximum atomic E-state index is 6.17. The van der Waals surface area contributed by atoms with Gasteiger partial charge in [-0.3, -0.25) is 4.99 Å². The highest BCUT2D eigenvalue weighted by Crippen LogP contribution is 2.48. The first-order chi connectivity index (χ1) is 13.0. The van der Waals surface area contributed by atoms with Gasteiger partial charge >= 0.3 is 0 Å². The van der Waals surface area contributed by atoms with E-state index in [0.717, 1.165) is 54.9 Å². The molecule has 0 radical (unpaired) electrons. The molecule has 0 unspecified atom stereocenters. The van der Waals surface area contributed by atoms with Crippen molar-refractivity contribution in [2.45, 2.75) is 51.9 Å². The quantitative estimate of drug-likeness (QED) is 0.229. The lowest BCUT2D eigenvalue weighted by molar-refractivity contribution is 0.392. The van der Waals surface area contributed by atoms with E-state index in [1.165, 1.54) is 24.0 Å². The fourth-order valence-corrected chi connectivity index (χ4v) is 3.60. The maximum absolute atomic E-state index is 6.17. The molecule has 1 fully saturated rings. The van der Waals surface area contributed by atoms with Crippen LogP contribution in [0.4, 0.5) is 0 Å². The average molecular weight is 517 g/mol. The summed E-state index contributed by atoms with van der Waals surface area (Å²) in [6, 6.07) is 8.20. The Bertz CT molecular complexity index is 782. The SMILES string of the molecule is CCNC(=NCC1(c2cccc(Cl)c2)CC1)NCCCc1c(C)noc1C.I. The van der Waals surface area contributed by atoms with Crippen molar-refractivity contribution in [1.82, 2.24) is 15.8 Å². The number of aryl methyl sites for hydroxylation is 2. The number of guanidine groups is 1. The largest absolute Gasteiger partial charge is 0.361 e. The summed E-state index contributed by atoms with van der Waals surface area (Å²) in [6.45, 7) is 8.55. The van der Waals surface area contributed by atoms with Crippen LogP contribution in [0.3, 0.4) is 0 Å². The van der Waals surface area contributed by atoms with Crippen molar-refractivity contribution >= 4 is 41.5 Å². The van der Waals surface area contributed by atoms with E-state index in [1.54, 1.807) is 0 Å². The molecule has 1 heterocycles. The monoisotopic (exact) mass is 516 g/mol. The lowest BCUT2D eigenvalue weighted by atomic mass is 9.96. The molecule has 7 heteroatoms.